The fourth-order valence-corrected chi connectivity index (χ4v) is 3.53. The normalized spacial score (nSPS) is 19.0. The molecule has 1 aromatic heterocycles. The first-order chi connectivity index (χ1) is 11.7. The predicted molar refractivity (Wildman–Crippen MR) is 93.9 cm³/mol. The van der Waals surface area contributed by atoms with E-state index in [2.05, 4.69) is 5.32 Å². The van der Waals surface area contributed by atoms with Crippen LogP contribution in [0.1, 0.15) is 23.7 Å². The number of nitrogens with one attached hydrogen (secondary N) is 1. The van der Waals surface area contributed by atoms with Crippen LogP contribution < -0.4 is 5.32 Å². The molecule has 5 nitrogen and oxygen atoms in total. The molecule has 1 saturated heterocycles. The Morgan fingerprint density at radius 1 is 1.38 bits per heavy atom. The number of hydrogen-bond donors (Lipinski definition) is 2. The van der Waals surface area contributed by atoms with Crippen LogP contribution in [0.4, 0.5) is 4.79 Å². The van der Waals surface area contributed by atoms with Gasteiger partial charge in [0.1, 0.15) is 0 Å². The van der Waals surface area contributed by atoms with Crippen molar-refractivity contribution in [2.75, 3.05) is 19.8 Å². The lowest BCUT2D eigenvalue weighted by atomic mass is 10.0. The van der Waals surface area contributed by atoms with Gasteiger partial charge in [0.15, 0.2) is 0 Å². The topological polar surface area (TPSA) is 61.8 Å². The minimum Gasteiger partial charge on any atom is -0.388 e. The van der Waals surface area contributed by atoms with Gasteiger partial charge in [-0.3, -0.25) is 0 Å². The fourth-order valence-electron chi connectivity index (χ4n) is 2.86. The van der Waals surface area contributed by atoms with E-state index in [9.17, 15) is 9.90 Å². The van der Waals surface area contributed by atoms with Crippen LogP contribution in [0.2, 0.25) is 0 Å². The van der Waals surface area contributed by atoms with E-state index in [1.165, 1.54) is 0 Å². The van der Waals surface area contributed by atoms with Gasteiger partial charge in [0, 0.05) is 19.5 Å². The van der Waals surface area contributed by atoms with Crippen LogP contribution in [0.25, 0.3) is 0 Å². The molecule has 1 fully saturated rings. The molecule has 6 heteroatoms. The van der Waals surface area contributed by atoms with Gasteiger partial charge < -0.3 is 20.1 Å². The number of aliphatic hydroxyl groups excluding tert-OH is 1. The minimum atomic E-state index is -0.606. The molecular weight excluding hydrogens is 324 g/mol. The molecule has 2 amide bonds. The third-order valence-corrected chi connectivity index (χ3v) is 4.92. The van der Waals surface area contributed by atoms with Gasteiger partial charge in [-0.2, -0.15) is 11.3 Å². The van der Waals surface area contributed by atoms with Crippen LogP contribution >= 0.6 is 11.3 Å². The number of aliphatic hydroxyl groups is 1. The van der Waals surface area contributed by atoms with Crippen LogP contribution in [0, 0.1) is 0 Å². The maximum Gasteiger partial charge on any atom is 0.318 e. The first kappa shape index (κ1) is 17.0. The fraction of sp³-hybridized carbons (Fsp3) is 0.389. The van der Waals surface area contributed by atoms with E-state index >= 15 is 0 Å². The van der Waals surface area contributed by atoms with Gasteiger partial charge in [-0.25, -0.2) is 4.79 Å². The summed E-state index contributed by atoms with van der Waals surface area (Å²) in [6.45, 7) is 2.05. The van der Waals surface area contributed by atoms with Gasteiger partial charge in [0.2, 0.25) is 0 Å². The third kappa shape index (κ3) is 4.35. The second-order valence-corrected chi connectivity index (χ2v) is 6.65. The number of morpholine rings is 1. The number of urea groups is 1. The number of hydrogen-bond acceptors (Lipinski definition) is 4. The van der Waals surface area contributed by atoms with Crippen molar-refractivity contribution in [2.45, 2.75) is 25.1 Å². The Labute approximate surface area is 145 Å². The Morgan fingerprint density at radius 3 is 2.96 bits per heavy atom. The molecule has 2 N–H and O–H groups in total. The Morgan fingerprint density at radius 2 is 2.21 bits per heavy atom. The van der Waals surface area contributed by atoms with Crippen molar-refractivity contribution in [3.8, 4) is 0 Å². The molecule has 0 spiro atoms. The highest BCUT2D eigenvalue weighted by atomic mass is 32.1. The number of nitrogens with zero attached hydrogens (tertiary/aromatic N) is 1. The highest BCUT2D eigenvalue weighted by molar-refractivity contribution is 7.07. The largest absolute Gasteiger partial charge is 0.388 e. The zero-order valence-corrected chi connectivity index (χ0v) is 14.2. The Kier molecular flexibility index (Phi) is 5.85. The van der Waals surface area contributed by atoms with Crippen LogP contribution in [-0.2, 0) is 11.3 Å². The molecule has 24 heavy (non-hydrogen) atoms. The van der Waals surface area contributed by atoms with Crippen LogP contribution in [-0.4, -0.2) is 41.8 Å². The summed E-state index contributed by atoms with van der Waals surface area (Å²) in [5.74, 6) is 0. The van der Waals surface area contributed by atoms with Crippen molar-refractivity contribution in [3.63, 3.8) is 0 Å². The molecule has 2 aromatic rings. The summed E-state index contributed by atoms with van der Waals surface area (Å²) in [6.07, 6.45) is -0.138. The smallest absolute Gasteiger partial charge is 0.318 e. The van der Waals surface area contributed by atoms with E-state index in [4.69, 9.17) is 4.74 Å². The minimum absolute atomic E-state index is 0.102. The summed E-state index contributed by atoms with van der Waals surface area (Å²) in [7, 11) is 0. The SMILES string of the molecule is O=C(NCc1ccsc1)N1CCOC[C@@H]1C[C@H](O)c1ccccc1. The van der Waals surface area contributed by atoms with Gasteiger partial charge in [-0.15, -0.1) is 0 Å². The molecule has 0 aliphatic carbocycles. The number of rotatable bonds is 5. The summed E-state index contributed by atoms with van der Waals surface area (Å²) in [6, 6.07) is 11.3. The summed E-state index contributed by atoms with van der Waals surface area (Å²) in [4.78, 5) is 14.3. The summed E-state index contributed by atoms with van der Waals surface area (Å²) in [5, 5.41) is 17.4. The number of carbonyl (C=O) groups excluding carboxylic acids is 1. The number of amides is 2. The number of thiophene rings is 1. The molecule has 1 aliphatic heterocycles. The Balaban J connectivity index is 1.59. The molecule has 128 valence electrons. The zero-order valence-electron chi connectivity index (χ0n) is 13.4. The second-order valence-electron chi connectivity index (χ2n) is 5.87. The summed E-state index contributed by atoms with van der Waals surface area (Å²) < 4.78 is 5.52. The highest BCUT2D eigenvalue weighted by Crippen LogP contribution is 2.22. The van der Waals surface area contributed by atoms with Gasteiger partial charge in [0.25, 0.3) is 0 Å². The van der Waals surface area contributed by atoms with Crippen LogP contribution in [0.5, 0.6) is 0 Å². The molecule has 0 bridgehead atoms. The Bertz CT molecular complexity index is 633. The lowest BCUT2D eigenvalue weighted by Gasteiger charge is -2.36. The molecule has 2 atom stereocenters. The lowest BCUT2D eigenvalue weighted by molar-refractivity contribution is -0.00698. The van der Waals surface area contributed by atoms with Gasteiger partial charge in [-0.05, 0) is 28.0 Å². The molecular formula is C18H22N2O3S. The van der Waals surface area contributed by atoms with E-state index in [1.54, 1.807) is 16.2 Å². The zero-order chi connectivity index (χ0) is 16.8. The van der Waals surface area contributed by atoms with Crippen molar-refractivity contribution in [3.05, 3.63) is 58.3 Å². The highest BCUT2D eigenvalue weighted by Gasteiger charge is 2.29. The van der Waals surface area contributed by atoms with Crippen molar-refractivity contribution < 1.29 is 14.6 Å². The van der Waals surface area contributed by atoms with Crippen LogP contribution in [0.15, 0.2) is 47.2 Å². The van der Waals surface area contributed by atoms with Crippen molar-refractivity contribution in [1.29, 1.82) is 0 Å². The van der Waals surface area contributed by atoms with Gasteiger partial charge in [0.05, 0.1) is 25.4 Å². The average molecular weight is 346 g/mol. The quantitative estimate of drug-likeness (QED) is 0.875. The van der Waals surface area contributed by atoms with E-state index in [0.717, 1.165) is 11.1 Å². The first-order valence-electron chi connectivity index (χ1n) is 8.10. The molecule has 0 radical (unpaired) electrons. The lowest BCUT2D eigenvalue weighted by Crippen LogP contribution is -2.52. The number of benzene rings is 1. The summed E-state index contributed by atoms with van der Waals surface area (Å²) in [5.41, 5.74) is 1.96. The predicted octanol–water partition coefficient (Wildman–Crippen LogP) is 2.78. The molecule has 1 aromatic carbocycles. The van der Waals surface area contributed by atoms with E-state index in [0.29, 0.717) is 32.7 Å². The molecule has 3 rings (SSSR count). The Hall–Kier alpha value is -1.89. The summed E-state index contributed by atoms with van der Waals surface area (Å²) >= 11 is 1.62. The van der Waals surface area contributed by atoms with Crippen molar-refractivity contribution in [2.24, 2.45) is 0 Å². The monoisotopic (exact) mass is 346 g/mol. The van der Waals surface area contributed by atoms with E-state index < -0.39 is 6.10 Å². The van der Waals surface area contributed by atoms with Crippen molar-refractivity contribution in [1.82, 2.24) is 10.2 Å². The molecule has 0 unspecified atom stereocenters. The van der Waals surface area contributed by atoms with Crippen molar-refractivity contribution >= 4 is 17.4 Å². The molecule has 1 aliphatic rings. The van der Waals surface area contributed by atoms with Crippen LogP contribution in [0.3, 0.4) is 0 Å². The van der Waals surface area contributed by atoms with Gasteiger partial charge in [-0.1, -0.05) is 30.3 Å². The van der Waals surface area contributed by atoms with E-state index in [-0.39, 0.29) is 12.1 Å². The third-order valence-electron chi connectivity index (χ3n) is 4.19. The number of ether oxygens (including phenoxy) is 1. The number of carbonyl (C=O) groups is 1. The maximum atomic E-state index is 12.5. The maximum absolute atomic E-state index is 12.5. The second kappa shape index (κ2) is 8.28. The molecule has 0 saturated carbocycles. The standard InChI is InChI=1S/C18H22N2O3S/c21-17(15-4-2-1-3-5-15)10-16-12-23-8-7-20(16)18(22)19-11-14-6-9-24-13-14/h1-6,9,13,16-17,21H,7-8,10-12H2,(H,19,22)/t16-,17-/m0/s1. The average Bonchev–Trinajstić information content (AvgIpc) is 3.14. The molecule has 2 heterocycles. The van der Waals surface area contributed by atoms with E-state index in [1.807, 2.05) is 47.2 Å². The first-order valence-corrected chi connectivity index (χ1v) is 9.04. The van der Waals surface area contributed by atoms with Gasteiger partial charge >= 0.3 is 6.03 Å².